The van der Waals surface area contributed by atoms with E-state index in [4.69, 9.17) is 4.98 Å². The van der Waals surface area contributed by atoms with Crippen molar-refractivity contribution >= 4 is 10.9 Å². The lowest BCUT2D eigenvalue weighted by atomic mass is 10.2. The zero-order chi connectivity index (χ0) is 15.2. The number of benzene rings is 1. The first kappa shape index (κ1) is 15.7. The molecule has 1 heterocycles. The van der Waals surface area contributed by atoms with E-state index in [0.717, 1.165) is 36.2 Å². The van der Waals surface area contributed by atoms with Gasteiger partial charge in [-0.2, -0.15) is 0 Å². The quantitative estimate of drug-likeness (QED) is 0.794. The largest absolute Gasteiger partial charge is 0.338 e. The van der Waals surface area contributed by atoms with E-state index in [2.05, 4.69) is 26.1 Å². The molecular weight excluding hydrogens is 262 g/mol. The molecule has 2 rings (SSSR count). The molecule has 0 aliphatic heterocycles. The summed E-state index contributed by atoms with van der Waals surface area (Å²) in [5.41, 5.74) is 0.897. The molecule has 0 radical (unpaired) electrons. The molecule has 2 aromatic rings. The van der Waals surface area contributed by atoms with Gasteiger partial charge < -0.3 is 5.32 Å². The molecule has 1 aromatic heterocycles. The minimum absolute atomic E-state index is 0.0909. The van der Waals surface area contributed by atoms with Crippen LogP contribution in [0.2, 0.25) is 0 Å². The van der Waals surface area contributed by atoms with Gasteiger partial charge >= 0.3 is 0 Å². The van der Waals surface area contributed by atoms with E-state index in [-0.39, 0.29) is 11.6 Å². The lowest BCUT2D eigenvalue weighted by Crippen LogP contribution is -2.85. The number of nitrogens with zero attached hydrogens (tertiary/aromatic N) is 2. The Labute approximate surface area is 126 Å². The van der Waals surface area contributed by atoms with E-state index in [1.54, 1.807) is 0 Å². The predicted octanol–water partition coefficient (Wildman–Crippen LogP) is 2.23. The van der Waals surface area contributed by atoms with Crippen LogP contribution in [0.3, 0.4) is 0 Å². The normalized spacial score (nSPS) is 12.7. The smallest absolute Gasteiger partial charge is 0.261 e. The SMILES string of the molecule is CCCC[NH2+][C@@H](C)c1nc2ccccc2c(=O)n1CCC. The molecule has 0 amide bonds. The predicted molar refractivity (Wildman–Crippen MR) is 86.4 cm³/mol. The minimum Gasteiger partial charge on any atom is -0.338 e. The first-order valence-corrected chi connectivity index (χ1v) is 8.01. The van der Waals surface area contributed by atoms with Crippen LogP contribution in [0, 0.1) is 0 Å². The Bertz CT molecular complexity index is 648. The van der Waals surface area contributed by atoms with E-state index < -0.39 is 0 Å². The number of unbranched alkanes of at least 4 members (excludes halogenated alkanes) is 1. The van der Waals surface area contributed by atoms with Gasteiger partial charge in [0.15, 0.2) is 5.82 Å². The maximum absolute atomic E-state index is 12.7. The molecule has 0 unspecified atom stereocenters. The Balaban J connectivity index is 2.45. The van der Waals surface area contributed by atoms with E-state index >= 15 is 0 Å². The van der Waals surface area contributed by atoms with Crippen molar-refractivity contribution in [2.75, 3.05) is 6.54 Å². The summed E-state index contributed by atoms with van der Waals surface area (Å²) >= 11 is 0. The number of para-hydroxylation sites is 1. The average molecular weight is 288 g/mol. The second-order valence-corrected chi connectivity index (χ2v) is 5.61. The van der Waals surface area contributed by atoms with Crippen LogP contribution in [0.15, 0.2) is 29.1 Å². The van der Waals surface area contributed by atoms with Crippen LogP contribution < -0.4 is 10.9 Å². The van der Waals surface area contributed by atoms with Gasteiger partial charge in [-0.3, -0.25) is 9.36 Å². The molecule has 0 aliphatic rings. The molecule has 4 nitrogen and oxygen atoms in total. The molecule has 2 N–H and O–H groups in total. The van der Waals surface area contributed by atoms with Crippen LogP contribution in [0.5, 0.6) is 0 Å². The standard InChI is InChI=1S/C17H25N3O/c1-4-6-11-18-13(3)16-19-15-10-8-7-9-14(15)17(21)20(16)12-5-2/h7-10,13,18H,4-6,11-12H2,1-3H3/p+1/t13-/m0/s1. The maximum atomic E-state index is 12.7. The number of hydrogen-bond acceptors (Lipinski definition) is 2. The van der Waals surface area contributed by atoms with Crippen molar-refractivity contribution in [2.45, 2.75) is 52.6 Å². The van der Waals surface area contributed by atoms with Crippen LogP contribution in [0.4, 0.5) is 0 Å². The van der Waals surface area contributed by atoms with Gasteiger partial charge in [0.25, 0.3) is 5.56 Å². The summed E-state index contributed by atoms with van der Waals surface area (Å²) in [5, 5.41) is 3.00. The van der Waals surface area contributed by atoms with Gasteiger partial charge in [0, 0.05) is 6.54 Å². The first-order chi connectivity index (χ1) is 10.2. The minimum atomic E-state index is 0.0909. The Morgan fingerprint density at radius 1 is 1.24 bits per heavy atom. The van der Waals surface area contributed by atoms with Crippen LogP contribution in [-0.4, -0.2) is 16.1 Å². The van der Waals surface area contributed by atoms with Gasteiger partial charge in [-0.1, -0.05) is 32.4 Å². The second-order valence-electron chi connectivity index (χ2n) is 5.61. The molecule has 0 saturated heterocycles. The van der Waals surface area contributed by atoms with Crippen molar-refractivity contribution < 1.29 is 5.32 Å². The third-order valence-electron chi connectivity index (χ3n) is 3.82. The van der Waals surface area contributed by atoms with E-state index in [0.29, 0.717) is 0 Å². The topological polar surface area (TPSA) is 51.5 Å². The van der Waals surface area contributed by atoms with Crippen molar-refractivity contribution in [1.29, 1.82) is 0 Å². The summed E-state index contributed by atoms with van der Waals surface area (Å²) in [7, 11) is 0. The lowest BCUT2D eigenvalue weighted by molar-refractivity contribution is -0.694. The van der Waals surface area contributed by atoms with Crippen molar-refractivity contribution in [3.63, 3.8) is 0 Å². The lowest BCUT2D eigenvalue weighted by Gasteiger charge is -2.17. The summed E-state index contributed by atoms with van der Waals surface area (Å²) < 4.78 is 1.86. The van der Waals surface area contributed by atoms with Crippen LogP contribution in [0.1, 0.15) is 51.9 Å². The van der Waals surface area contributed by atoms with Gasteiger partial charge in [-0.15, -0.1) is 0 Å². The van der Waals surface area contributed by atoms with Crippen LogP contribution in [0.25, 0.3) is 10.9 Å². The van der Waals surface area contributed by atoms with E-state index in [1.165, 1.54) is 12.8 Å². The molecule has 0 spiro atoms. The van der Waals surface area contributed by atoms with E-state index in [1.807, 2.05) is 28.8 Å². The fourth-order valence-electron chi connectivity index (χ4n) is 2.65. The number of quaternary nitrogens is 1. The fourth-order valence-corrected chi connectivity index (χ4v) is 2.65. The number of rotatable bonds is 7. The Kier molecular flexibility index (Phi) is 5.51. The third-order valence-corrected chi connectivity index (χ3v) is 3.82. The fraction of sp³-hybridized carbons (Fsp3) is 0.529. The zero-order valence-corrected chi connectivity index (χ0v) is 13.3. The van der Waals surface area contributed by atoms with Crippen molar-refractivity contribution in [1.82, 2.24) is 9.55 Å². The summed E-state index contributed by atoms with van der Waals surface area (Å²) in [5.74, 6) is 0.900. The summed E-state index contributed by atoms with van der Waals surface area (Å²) in [6.07, 6.45) is 3.32. The molecule has 0 saturated carbocycles. The highest BCUT2D eigenvalue weighted by Gasteiger charge is 2.17. The molecule has 114 valence electrons. The first-order valence-electron chi connectivity index (χ1n) is 8.01. The molecule has 0 bridgehead atoms. The van der Waals surface area contributed by atoms with Gasteiger partial charge in [0.1, 0.15) is 6.04 Å². The number of hydrogen-bond donors (Lipinski definition) is 1. The number of fused-ring (bicyclic) bond motifs is 1. The van der Waals surface area contributed by atoms with Gasteiger partial charge in [0.2, 0.25) is 0 Å². The third kappa shape index (κ3) is 3.50. The number of aromatic nitrogens is 2. The summed E-state index contributed by atoms with van der Waals surface area (Å²) in [6, 6.07) is 7.84. The van der Waals surface area contributed by atoms with E-state index in [9.17, 15) is 4.79 Å². The second kappa shape index (κ2) is 7.36. The molecule has 0 fully saturated rings. The maximum Gasteiger partial charge on any atom is 0.261 e. The average Bonchev–Trinajstić information content (AvgIpc) is 2.50. The van der Waals surface area contributed by atoms with Crippen molar-refractivity contribution in [2.24, 2.45) is 0 Å². The van der Waals surface area contributed by atoms with Crippen LogP contribution >= 0.6 is 0 Å². The highest BCUT2D eigenvalue weighted by molar-refractivity contribution is 5.77. The van der Waals surface area contributed by atoms with Gasteiger partial charge in [0.05, 0.1) is 17.4 Å². The molecule has 21 heavy (non-hydrogen) atoms. The Hall–Kier alpha value is -1.68. The molecule has 0 aliphatic carbocycles. The van der Waals surface area contributed by atoms with Gasteiger partial charge in [-0.05, 0) is 31.9 Å². The summed E-state index contributed by atoms with van der Waals surface area (Å²) in [4.78, 5) is 17.4. The Morgan fingerprint density at radius 3 is 2.71 bits per heavy atom. The highest BCUT2D eigenvalue weighted by Crippen LogP contribution is 2.11. The summed E-state index contributed by atoms with van der Waals surface area (Å²) in [6.45, 7) is 8.24. The van der Waals surface area contributed by atoms with Crippen molar-refractivity contribution in [3.05, 3.63) is 40.4 Å². The molecule has 1 aromatic carbocycles. The van der Waals surface area contributed by atoms with Gasteiger partial charge in [-0.25, -0.2) is 4.98 Å². The molecule has 4 heteroatoms. The van der Waals surface area contributed by atoms with Crippen molar-refractivity contribution in [3.8, 4) is 0 Å². The Morgan fingerprint density at radius 2 is 2.00 bits per heavy atom. The monoisotopic (exact) mass is 288 g/mol. The zero-order valence-electron chi connectivity index (χ0n) is 13.3. The number of nitrogens with two attached hydrogens (primary N) is 1. The molecule has 1 atom stereocenters. The van der Waals surface area contributed by atoms with Crippen LogP contribution in [-0.2, 0) is 6.54 Å². The highest BCUT2D eigenvalue weighted by atomic mass is 16.1. The molecular formula is C17H26N3O+.